The zero-order valence-electron chi connectivity index (χ0n) is 11.2. The van der Waals surface area contributed by atoms with E-state index in [1.165, 1.54) is 23.0 Å². The third-order valence-corrected chi connectivity index (χ3v) is 4.55. The van der Waals surface area contributed by atoms with Gasteiger partial charge in [0.1, 0.15) is 5.82 Å². The molecule has 0 unspecified atom stereocenters. The van der Waals surface area contributed by atoms with Crippen LogP contribution in [-0.2, 0) is 4.74 Å². The van der Waals surface area contributed by atoms with Crippen molar-refractivity contribution in [3.8, 4) is 0 Å². The summed E-state index contributed by atoms with van der Waals surface area (Å²) in [5.74, 6) is 3.69. The van der Waals surface area contributed by atoms with Crippen LogP contribution in [0.2, 0.25) is 0 Å². The molecule has 5 heteroatoms. The normalized spacial score (nSPS) is 24.4. The van der Waals surface area contributed by atoms with Gasteiger partial charge in [0, 0.05) is 43.9 Å². The van der Waals surface area contributed by atoms with Crippen molar-refractivity contribution in [2.75, 3.05) is 50.9 Å². The lowest BCUT2D eigenvalue weighted by Gasteiger charge is -2.36. The lowest BCUT2D eigenvalue weighted by molar-refractivity contribution is 0.0536. The van der Waals surface area contributed by atoms with Gasteiger partial charge in [-0.25, -0.2) is 0 Å². The summed E-state index contributed by atoms with van der Waals surface area (Å²) in [4.78, 5) is 4.90. The summed E-state index contributed by atoms with van der Waals surface area (Å²) in [5, 5.41) is 3.47. The summed E-state index contributed by atoms with van der Waals surface area (Å²) in [5.41, 5.74) is 1.31. The molecule has 0 amide bonds. The molecular formula is C14H21N3OS. The molecule has 2 fully saturated rings. The van der Waals surface area contributed by atoms with E-state index in [1.54, 1.807) is 0 Å². The lowest BCUT2D eigenvalue weighted by Crippen LogP contribution is -2.42. The predicted octanol–water partition coefficient (Wildman–Crippen LogP) is 1.21. The monoisotopic (exact) mass is 279 g/mol. The van der Waals surface area contributed by atoms with Gasteiger partial charge in [-0.05, 0) is 12.2 Å². The van der Waals surface area contributed by atoms with Crippen LogP contribution in [0.5, 0.6) is 0 Å². The highest BCUT2D eigenvalue weighted by Crippen LogP contribution is 2.21. The molecule has 3 aliphatic heterocycles. The van der Waals surface area contributed by atoms with Crippen LogP contribution in [0.15, 0.2) is 35.9 Å². The lowest BCUT2D eigenvalue weighted by atomic mass is 10.2. The second-order valence-corrected chi connectivity index (χ2v) is 6.02. The predicted molar refractivity (Wildman–Crippen MR) is 79.7 cm³/mol. The quantitative estimate of drug-likeness (QED) is 0.820. The first kappa shape index (κ1) is 12.9. The zero-order valence-corrected chi connectivity index (χ0v) is 12.0. The van der Waals surface area contributed by atoms with Crippen LogP contribution < -0.4 is 5.32 Å². The summed E-state index contributed by atoms with van der Waals surface area (Å²) in [7, 11) is 0. The van der Waals surface area contributed by atoms with Gasteiger partial charge >= 0.3 is 0 Å². The van der Waals surface area contributed by atoms with Gasteiger partial charge < -0.3 is 19.9 Å². The van der Waals surface area contributed by atoms with Gasteiger partial charge in [0.25, 0.3) is 0 Å². The first-order chi connectivity index (χ1) is 9.45. The van der Waals surface area contributed by atoms with Crippen LogP contribution in [0.3, 0.4) is 0 Å². The van der Waals surface area contributed by atoms with E-state index < -0.39 is 0 Å². The average Bonchev–Trinajstić information content (AvgIpc) is 2.75. The molecule has 0 aromatic carbocycles. The Morgan fingerprint density at radius 2 is 1.79 bits per heavy atom. The molecule has 2 saturated heterocycles. The van der Waals surface area contributed by atoms with Gasteiger partial charge in [0.05, 0.1) is 18.9 Å². The molecule has 0 saturated carbocycles. The van der Waals surface area contributed by atoms with Crippen LogP contribution in [0.4, 0.5) is 0 Å². The average molecular weight is 279 g/mol. The molecule has 0 aromatic rings. The van der Waals surface area contributed by atoms with Crippen LogP contribution in [0.1, 0.15) is 0 Å². The van der Waals surface area contributed by atoms with Gasteiger partial charge in [-0.15, -0.1) is 0 Å². The van der Waals surface area contributed by atoms with Gasteiger partial charge in [-0.1, -0.05) is 6.08 Å². The Hall–Kier alpha value is -1.07. The van der Waals surface area contributed by atoms with Gasteiger partial charge in [0.2, 0.25) is 0 Å². The fourth-order valence-electron chi connectivity index (χ4n) is 2.58. The van der Waals surface area contributed by atoms with E-state index in [1.807, 2.05) is 18.0 Å². The zero-order chi connectivity index (χ0) is 12.9. The third kappa shape index (κ3) is 3.09. The van der Waals surface area contributed by atoms with Crippen molar-refractivity contribution in [2.24, 2.45) is 0 Å². The number of hydrogen-bond donors (Lipinski definition) is 1. The number of ether oxygens (including phenoxy) is 1. The number of morpholine rings is 1. The Morgan fingerprint density at radius 1 is 1.00 bits per heavy atom. The number of nitrogens with zero attached hydrogens (tertiary/aromatic N) is 2. The van der Waals surface area contributed by atoms with E-state index in [2.05, 4.69) is 33.3 Å². The Bertz CT molecular complexity index is 393. The van der Waals surface area contributed by atoms with Gasteiger partial charge in [-0.2, -0.15) is 11.8 Å². The minimum Gasteiger partial charge on any atom is -0.378 e. The molecule has 19 heavy (non-hydrogen) atoms. The fourth-order valence-corrected chi connectivity index (χ4v) is 3.48. The van der Waals surface area contributed by atoms with E-state index in [9.17, 15) is 0 Å². The number of thioether (sulfide) groups is 1. The maximum Gasteiger partial charge on any atom is 0.129 e. The maximum absolute atomic E-state index is 5.46. The molecular weight excluding hydrogens is 258 g/mol. The first-order valence-corrected chi connectivity index (χ1v) is 8.10. The highest BCUT2D eigenvalue weighted by Gasteiger charge is 2.21. The number of rotatable bonds is 2. The molecule has 3 aliphatic rings. The second kappa shape index (κ2) is 6.39. The highest BCUT2D eigenvalue weighted by molar-refractivity contribution is 7.99. The van der Waals surface area contributed by atoms with Crippen LogP contribution in [-0.4, -0.2) is 60.7 Å². The van der Waals surface area contributed by atoms with Crippen molar-refractivity contribution in [1.29, 1.82) is 0 Å². The van der Waals surface area contributed by atoms with Crippen LogP contribution in [0.25, 0.3) is 0 Å². The third-order valence-electron chi connectivity index (χ3n) is 3.60. The van der Waals surface area contributed by atoms with Crippen molar-refractivity contribution >= 4 is 11.8 Å². The van der Waals surface area contributed by atoms with E-state index in [0.29, 0.717) is 0 Å². The summed E-state index contributed by atoms with van der Waals surface area (Å²) in [6.07, 6.45) is 8.43. The SMILES string of the molecule is C1=CNC(N2CCSCC2)=C(N2CCOCC2)C=C1. The van der Waals surface area contributed by atoms with Gasteiger partial charge in [-0.3, -0.25) is 0 Å². The molecule has 4 nitrogen and oxygen atoms in total. The number of allylic oxidation sites excluding steroid dienone is 3. The second-order valence-electron chi connectivity index (χ2n) is 4.80. The molecule has 0 radical (unpaired) electrons. The van der Waals surface area contributed by atoms with Crippen LogP contribution in [0, 0.1) is 0 Å². The topological polar surface area (TPSA) is 27.7 Å². The van der Waals surface area contributed by atoms with Gasteiger partial charge in [0.15, 0.2) is 0 Å². The van der Waals surface area contributed by atoms with Crippen molar-refractivity contribution in [2.45, 2.75) is 0 Å². The summed E-state index contributed by atoms with van der Waals surface area (Å²) >= 11 is 2.04. The maximum atomic E-state index is 5.46. The Kier molecular flexibility index (Phi) is 4.35. The standard InChI is InChI=1S/C14H21N3OS/c1-2-4-15-14(17-7-11-19-12-8-17)13(3-1)16-5-9-18-10-6-16/h1-4,15H,5-12H2. The summed E-state index contributed by atoms with van der Waals surface area (Å²) in [6.45, 7) is 5.87. The van der Waals surface area contributed by atoms with Crippen molar-refractivity contribution in [3.05, 3.63) is 35.9 Å². The van der Waals surface area contributed by atoms with E-state index in [4.69, 9.17) is 4.74 Å². The minimum atomic E-state index is 0.827. The molecule has 0 spiro atoms. The van der Waals surface area contributed by atoms with E-state index >= 15 is 0 Å². The molecule has 1 N–H and O–H groups in total. The largest absolute Gasteiger partial charge is 0.378 e. The Morgan fingerprint density at radius 3 is 2.58 bits per heavy atom. The smallest absolute Gasteiger partial charge is 0.129 e. The molecule has 0 atom stereocenters. The molecule has 3 heterocycles. The van der Waals surface area contributed by atoms with E-state index in [-0.39, 0.29) is 0 Å². The van der Waals surface area contributed by atoms with Crippen molar-refractivity contribution < 1.29 is 4.74 Å². The highest BCUT2D eigenvalue weighted by atomic mass is 32.2. The molecule has 0 bridgehead atoms. The first-order valence-electron chi connectivity index (χ1n) is 6.94. The molecule has 104 valence electrons. The number of nitrogens with one attached hydrogen (secondary N) is 1. The molecule has 0 aromatic heterocycles. The molecule has 3 rings (SSSR count). The number of hydrogen-bond acceptors (Lipinski definition) is 5. The van der Waals surface area contributed by atoms with Crippen LogP contribution >= 0.6 is 11.8 Å². The summed E-state index contributed by atoms with van der Waals surface area (Å²) in [6, 6.07) is 0. The summed E-state index contributed by atoms with van der Waals surface area (Å²) < 4.78 is 5.46. The van der Waals surface area contributed by atoms with Crippen molar-refractivity contribution in [1.82, 2.24) is 15.1 Å². The Balaban J connectivity index is 1.85. The Labute approximate surface area is 119 Å². The van der Waals surface area contributed by atoms with Crippen molar-refractivity contribution in [3.63, 3.8) is 0 Å². The minimum absolute atomic E-state index is 0.827. The van der Waals surface area contributed by atoms with E-state index in [0.717, 1.165) is 39.4 Å². The molecule has 0 aliphatic carbocycles. The fraction of sp³-hybridized carbons (Fsp3) is 0.571.